The Bertz CT molecular complexity index is 421. The number of hydrogen-bond acceptors (Lipinski definition) is 2. The van der Waals surface area contributed by atoms with Crippen molar-refractivity contribution < 1.29 is 4.52 Å². The van der Waals surface area contributed by atoms with E-state index >= 15 is 0 Å². The molecule has 0 radical (unpaired) electrons. The number of benzene rings is 2. The van der Waals surface area contributed by atoms with Crippen molar-refractivity contribution in [3.63, 3.8) is 0 Å². The minimum absolute atomic E-state index is 0.212. The van der Waals surface area contributed by atoms with Crippen molar-refractivity contribution in [2.24, 2.45) is 5.73 Å². The van der Waals surface area contributed by atoms with Crippen LogP contribution in [0.3, 0.4) is 0 Å². The van der Waals surface area contributed by atoms with Crippen molar-refractivity contribution in [3.8, 4) is 0 Å². The van der Waals surface area contributed by atoms with E-state index in [-0.39, 0.29) is 6.23 Å². The van der Waals surface area contributed by atoms with E-state index in [9.17, 15) is 0 Å². The lowest BCUT2D eigenvalue weighted by atomic mass is 10.4. The van der Waals surface area contributed by atoms with Crippen LogP contribution in [0.1, 0.15) is 13.3 Å². The molecule has 0 fully saturated rings. The highest BCUT2D eigenvalue weighted by atomic mass is 31.1. The molecule has 0 aliphatic carbocycles. The van der Waals surface area contributed by atoms with E-state index in [0.717, 1.165) is 6.42 Å². The van der Waals surface area contributed by atoms with Crippen LogP contribution >= 0.6 is 8.15 Å². The molecule has 0 aromatic heterocycles. The van der Waals surface area contributed by atoms with Crippen LogP contribution in [-0.2, 0) is 4.52 Å². The summed E-state index contributed by atoms with van der Waals surface area (Å²) in [4.78, 5) is 0. The summed E-state index contributed by atoms with van der Waals surface area (Å²) < 4.78 is 6.01. The fourth-order valence-corrected chi connectivity index (χ4v) is 3.45. The lowest BCUT2D eigenvalue weighted by molar-refractivity contribution is 0.235. The van der Waals surface area contributed by atoms with Gasteiger partial charge in [-0.1, -0.05) is 67.6 Å². The summed E-state index contributed by atoms with van der Waals surface area (Å²) in [6, 6.07) is 20.6. The fraction of sp³-hybridized carbons (Fsp3) is 0.200. The third-order valence-corrected chi connectivity index (χ3v) is 4.64. The number of nitrogens with two attached hydrogens (primary N) is 1. The molecule has 1 atom stereocenters. The zero-order valence-electron chi connectivity index (χ0n) is 10.5. The molecule has 0 aliphatic heterocycles. The van der Waals surface area contributed by atoms with Crippen LogP contribution in [0.15, 0.2) is 60.7 Å². The minimum Gasteiger partial charge on any atom is -0.332 e. The van der Waals surface area contributed by atoms with Crippen LogP contribution in [0.5, 0.6) is 0 Å². The Morgan fingerprint density at radius 3 is 1.78 bits per heavy atom. The summed E-state index contributed by atoms with van der Waals surface area (Å²) in [5.74, 6) is 0. The van der Waals surface area contributed by atoms with E-state index in [4.69, 9.17) is 10.3 Å². The van der Waals surface area contributed by atoms with Crippen molar-refractivity contribution >= 4 is 18.8 Å². The predicted octanol–water partition coefficient (Wildman–Crippen LogP) is 2.75. The van der Waals surface area contributed by atoms with Crippen LogP contribution in [0.4, 0.5) is 0 Å². The van der Waals surface area contributed by atoms with Gasteiger partial charge in [0.1, 0.15) is 6.23 Å². The monoisotopic (exact) mass is 259 g/mol. The van der Waals surface area contributed by atoms with Crippen LogP contribution in [-0.4, -0.2) is 6.23 Å². The normalized spacial score (nSPS) is 12.6. The van der Waals surface area contributed by atoms with Crippen LogP contribution in [0.2, 0.25) is 0 Å². The van der Waals surface area contributed by atoms with Gasteiger partial charge in [0.25, 0.3) is 0 Å². The SMILES string of the molecule is CCC(N)OP(c1ccccc1)c1ccccc1. The Kier molecular flexibility index (Phi) is 4.89. The predicted molar refractivity (Wildman–Crippen MR) is 78.4 cm³/mol. The van der Waals surface area contributed by atoms with Gasteiger partial charge in [-0.15, -0.1) is 0 Å². The van der Waals surface area contributed by atoms with Crippen molar-refractivity contribution in [2.45, 2.75) is 19.6 Å². The molecule has 0 saturated carbocycles. The second kappa shape index (κ2) is 6.65. The number of rotatable bonds is 5. The lowest BCUT2D eigenvalue weighted by Crippen LogP contribution is -2.25. The molecule has 1 unspecified atom stereocenters. The second-order valence-corrected chi connectivity index (χ2v) is 5.85. The molecular weight excluding hydrogens is 241 g/mol. The number of hydrogen-bond donors (Lipinski definition) is 1. The third-order valence-electron chi connectivity index (χ3n) is 2.62. The molecule has 0 heterocycles. The third kappa shape index (κ3) is 3.39. The average Bonchev–Trinajstić information content (AvgIpc) is 2.46. The Balaban J connectivity index is 2.29. The quantitative estimate of drug-likeness (QED) is 0.662. The topological polar surface area (TPSA) is 35.2 Å². The van der Waals surface area contributed by atoms with Crippen LogP contribution in [0, 0.1) is 0 Å². The molecular formula is C15H18NOP. The van der Waals surface area contributed by atoms with Gasteiger partial charge in [-0.25, -0.2) is 0 Å². The van der Waals surface area contributed by atoms with Crippen molar-refractivity contribution in [1.29, 1.82) is 0 Å². The van der Waals surface area contributed by atoms with Crippen molar-refractivity contribution in [3.05, 3.63) is 60.7 Å². The van der Waals surface area contributed by atoms with Gasteiger partial charge >= 0.3 is 0 Å². The largest absolute Gasteiger partial charge is 0.332 e. The minimum atomic E-state index is -0.821. The maximum Gasteiger partial charge on any atom is 0.110 e. The molecule has 94 valence electrons. The molecule has 0 amide bonds. The Labute approximate surface area is 110 Å². The van der Waals surface area contributed by atoms with Gasteiger partial charge in [0.2, 0.25) is 0 Å². The van der Waals surface area contributed by atoms with Gasteiger partial charge in [-0.3, -0.25) is 0 Å². The van der Waals surface area contributed by atoms with Crippen LogP contribution in [0.25, 0.3) is 0 Å². The van der Waals surface area contributed by atoms with Gasteiger partial charge in [-0.05, 0) is 6.42 Å². The highest BCUT2D eigenvalue weighted by molar-refractivity contribution is 7.68. The van der Waals surface area contributed by atoms with Crippen LogP contribution < -0.4 is 16.3 Å². The molecule has 2 aromatic rings. The summed E-state index contributed by atoms with van der Waals surface area (Å²) in [6.07, 6.45) is 0.606. The molecule has 3 heteroatoms. The molecule has 18 heavy (non-hydrogen) atoms. The van der Waals surface area contributed by atoms with Crippen molar-refractivity contribution in [2.75, 3.05) is 0 Å². The highest BCUT2D eigenvalue weighted by Crippen LogP contribution is 2.35. The molecule has 0 spiro atoms. The van der Waals surface area contributed by atoms with Gasteiger partial charge in [0.05, 0.1) is 8.15 Å². The summed E-state index contributed by atoms with van der Waals surface area (Å²) in [5.41, 5.74) is 5.94. The van der Waals surface area contributed by atoms with Gasteiger partial charge in [0.15, 0.2) is 0 Å². The van der Waals surface area contributed by atoms with Gasteiger partial charge in [0, 0.05) is 10.6 Å². The van der Waals surface area contributed by atoms with Crippen molar-refractivity contribution in [1.82, 2.24) is 0 Å². The van der Waals surface area contributed by atoms with E-state index in [0.29, 0.717) is 0 Å². The van der Waals surface area contributed by atoms with E-state index in [1.54, 1.807) is 0 Å². The maximum absolute atomic E-state index is 6.01. The Morgan fingerprint density at radius 1 is 0.944 bits per heavy atom. The highest BCUT2D eigenvalue weighted by Gasteiger charge is 2.17. The smallest absolute Gasteiger partial charge is 0.110 e. The first-order valence-electron chi connectivity index (χ1n) is 6.14. The van der Waals surface area contributed by atoms with E-state index in [1.807, 2.05) is 43.3 Å². The lowest BCUT2D eigenvalue weighted by Gasteiger charge is -2.22. The first kappa shape index (κ1) is 13.2. The standard InChI is InChI=1S/C15H18NOP/c1-2-15(16)17-18(13-9-5-3-6-10-13)14-11-7-4-8-12-14/h3-12,15H,2,16H2,1H3. The molecule has 2 N–H and O–H groups in total. The second-order valence-electron chi connectivity index (χ2n) is 4.02. The molecule has 2 nitrogen and oxygen atoms in total. The van der Waals surface area contributed by atoms with Gasteiger partial charge < -0.3 is 10.3 Å². The fourth-order valence-electron chi connectivity index (χ4n) is 1.61. The first-order chi connectivity index (χ1) is 8.81. The Morgan fingerprint density at radius 2 is 1.39 bits per heavy atom. The zero-order valence-corrected chi connectivity index (χ0v) is 11.4. The maximum atomic E-state index is 6.01. The summed E-state index contributed by atoms with van der Waals surface area (Å²) >= 11 is 0. The molecule has 2 rings (SSSR count). The molecule has 0 aliphatic rings. The zero-order chi connectivity index (χ0) is 12.8. The Hall–Kier alpha value is -1.21. The molecule has 0 saturated heterocycles. The summed E-state index contributed by atoms with van der Waals surface area (Å²) in [5, 5.41) is 2.39. The summed E-state index contributed by atoms with van der Waals surface area (Å²) in [7, 11) is -0.821. The summed E-state index contributed by atoms with van der Waals surface area (Å²) in [6.45, 7) is 2.04. The van der Waals surface area contributed by atoms with E-state index in [1.165, 1.54) is 10.6 Å². The van der Waals surface area contributed by atoms with Gasteiger partial charge in [-0.2, -0.15) is 0 Å². The van der Waals surface area contributed by atoms with E-state index in [2.05, 4.69) is 24.3 Å². The molecule has 0 bridgehead atoms. The average molecular weight is 259 g/mol. The van der Waals surface area contributed by atoms with E-state index < -0.39 is 8.15 Å². The molecule has 2 aromatic carbocycles. The first-order valence-corrected chi connectivity index (χ1v) is 7.40.